The topological polar surface area (TPSA) is 56.3 Å². The van der Waals surface area contributed by atoms with Crippen LogP contribution in [0.3, 0.4) is 0 Å². The molecule has 30 heavy (non-hydrogen) atoms. The summed E-state index contributed by atoms with van der Waals surface area (Å²) in [5.41, 5.74) is -0.183. The van der Waals surface area contributed by atoms with Crippen molar-refractivity contribution in [2.45, 2.75) is 39.2 Å². The van der Waals surface area contributed by atoms with Crippen LogP contribution in [0.4, 0.5) is 24.7 Å². The van der Waals surface area contributed by atoms with Gasteiger partial charge in [-0.2, -0.15) is 18.2 Å². The highest BCUT2D eigenvalue weighted by atomic mass is 19.4. The number of benzene rings is 2. The van der Waals surface area contributed by atoms with Gasteiger partial charge in [-0.15, -0.1) is 0 Å². The number of ether oxygens (including phenoxy) is 2. The van der Waals surface area contributed by atoms with Gasteiger partial charge in [0.2, 0.25) is 0 Å². The maximum absolute atomic E-state index is 13.4. The Kier molecular flexibility index (Phi) is 6.14. The standard InChI is InChI=1S/C22H22F3N3O2/c1-21(2,3)30-17-11-7-10-16(12-17)27-19-18(22(23,24)25)13-26-20(28-19)29-14-15-8-5-4-6-9-15/h4-13H,14H2,1-3H3,(H,26,27,28). The molecule has 0 radical (unpaired) electrons. The van der Waals surface area contributed by atoms with E-state index in [-0.39, 0.29) is 12.6 Å². The molecule has 158 valence electrons. The van der Waals surface area contributed by atoms with Gasteiger partial charge in [0.05, 0.1) is 0 Å². The Morgan fingerprint density at radius 2 is 1.70 bits per heavy atom. The minimum absolute atomic E-state index is 0.139. The van der Waals surface area contributed by atoms with Gasteiger partial charge in [0.25, 0.3) is 0 Å². The van der Waals surface area contributed by atoms with Gasteiger partial charge in [-0.3, -0.25) is 0 Å². The molecule has 0 aliphatic rings. The zero-order valence-electron chi connectivity index (χ0n) is 16.8. The monoisotopic (exact) mass is 417 g/mol. The average Bonchev–Trinajstić information content (AvgIpc) is 2.65. The molecule has 0 saturated carbocycles. The predicted octanol–water partition coefficient (Wildman–Crippen LogP) is 6.00. The van der Waals surface area contributed by atoms with Crippen LogP contribution in [-0.4, -0.2) is 15.6 Å². The Bertz CT molecular complexity index is 987. The highest BCUT2D eigenvalue weighted by Crippen LogP contribution is 2.36. The van der Waals surface area contributed by atoms with Gasteiger partial charge in [0.15, 0.2) is 0 Å². The van der Waals surface area contributed by atoms with E-state index < -0.39 is 23.2 Å². The maximum Gasteiger partial charge on any atom is 0.421 e. The first kappa shape index (κ1) is 21.4. The number of halogens is 3. The number of nitrogens with one attached hydrogen (secondary N) is 1. The van der Waals surface area contributed by atoms with Crippen LogP contribution in [0.25, 0.3) is 0 Å². The lowest BCUT2D eigenvalue weighted by Gasteiger charge is -2.22. The summed E-state index contributed by atoms with van der Waals surface area (Å²) in [6.07, 6.45) is -3.91. The van der Waals surface area contributed by atoms with E-state index in [4.69, 9.17) is 9.47 Å². The molecule has 0 atom stereocenters. The number of anilines is 2. The second-order valence-electron chi connectivity index (χ2n) is 7.55. The third-order valence-corrected chi connectivity index (χ3v) is 3.80. The zero-order chi connectivity index (χ0) is 21.8. The molecular weight excluding hydrogens is 395 g/mol. The smallest absolute Gasteiger partial charge is 0.421 e. The molecule has 0 saturated heterocycles. The molecular formula is C22H22F3N3O2. The second-order valence-corrected chi connectivity index (χ2v) is 7.55. The fourth-order valence-corrected chi connectivity index (χ4v) is 2.59. The molecule has 8 heteroatoms. The van der Waals surface area contributed by atoms with Gasteiger partial charge in [-0.05, 0) is 38.5 Å². The van der Waals surface area contributed by atoms with Gasteiger partial charge >= 0.3 is 12.2 Å². The van der Waals surface area contributed by atoms with Crippen molar-refractivity contribution in [2.24, 2.45) is 0 Å². The van der Waals surface area contributed by atoms with Crippen molar-refractivity contribution in [3.63, 3.8) is 0 Å². The average molecular weight is 417 g/mol. The maximum atomic E-state index is 13.4. The first-order chi connectivity index (χ1) is 14.1. The predicted molar refractivity (Wildman–Crippen MR) is 108 cm³/mol. The number of nitrogens with zero attached hydrogens (tertiary/aromatic N) is 2. The molecule has 0 unspecified atom stereocenters. The van der Waals surface area contributed by atoms with Crippen molar-refractivity contribution in [3.05, 3.63) is 71.9 Å². The second kappa shape index (κ2) is 8.61. The minimum Gasteiger partial charge on any atom is -0.488 e. The summed E-state index contributed by atoms with van der Waals surface area (Å²) in [6.45, 7) is 5.79. The Morgan fingerprint density at radius 1 is 0.967 bits per heavy atom. The van der Waals surface area contributed by atoms with Crippen molar-refractivity contribution in [2.75, 3.05) is 5.32 Å². The van der Waals surface area contributed by atoms with Gasteiger partial charge in [-0.25, -0.2) is 4.98 Å². The lowest BCUT2D eigenvalue weighted by molar-refractivity contribution is -0.137. The van der Waals surface area contributed by atoms with E-state index in [0.717, 1.165) is 5.56 Å². The highest BCUT2D eigenvalue weighted by molar-refractivity contribution is 5.61. The summed E-state index contributed by atoms with van der Waals surface area (Å²) in [5.74, 6) is 0.129. The molecule has 0 bridgehead atoms. The van der Waals surface area contributed by atoms with Crippen molar-refractivity contribution >= 4 is 11.5 Å². The third kappa shape index (κ3) is 6.10. The summed E-state index contributed by atoms with van der Waals surface area (Å²) >= 11 is 0. The third-order valence-electron chi connectivity index (χ3n) is 3.80. The minimum atomic E-state index is -4.63. The van der Waals surface area contributed by atoms with Crippen molar-refractivity contribution < 1.29 is 22.6 Å². The lowest BCUT2D eigenvalue weighted by atomic mass is 10.2. The zero-order valence-corrected chi connectivity index (χ0v) is 16.8. The molecule has 3 rings (SSSR count). The van der Waals surface area contributed by atoms with Crippen LogP contribution in [0.1, 0.15) is 31.9 Å². The molecule has 0 aliphatic heterocycles. The van der Waals surface area contributed by atoms with E-state index in [1.165, 1.54) is 0 Å². The molecule has 1 N–H and O–H groups in total. The Hall–Kier alpha value is -3.29. The van der Waals surface area contributed by atoms with E-state index in [0.29, 0.717) is 17.6 Å². The molecule has 3 aromatic rings. The Morgan fingerprint density at radius 3 is 2.37 bits per heavy atom. The summed E-state index contributed by atoms with van der Waals surface area (Å²) in [4.78, 5) is 7.66. The van der Waals surface area contributed by atoms with E-state index in [9.17, 15) is 13.2 Å². The molecule has 2 aromatic carbocycles. The van der Waals surface area contributed by atoms with E-state index in [2.05, 4.69) is 15.3 Å². The van der Waals surface area contributed by atoms with Crippen LogP contribution in [-0.2, 0) is 12.8 Å². The van der Waals surface area contributed by atoms with Gasteiger partial charge in [-0.1, -0.05) is 36.4 Å². The first-order valence-electron chi connectivity index (χ1n) is 9.27. The van der Waals surface area contributed by atoms with Gasteiger partial charge in [0, 0.05) is 18.0 Å². The molecule has 1 aromatic heterocycles. The van der Waals surface area contributed by atoms with Crippen LogP contribution >= 0.6 is 0 Å². The number of aromatic nitrogens is 2. The summed E-state index contributed by atoms with van der Waals surface area (Å²) in [7, 11) is 0. The van der Waals surface area contributed by atoms with E-state index in [1.807, 2.05) is 51.1 Å². The van der Waals surface area contributed by atoms with E-state index >= 15 is 0 Å². The largest absolute Gasteiger partial charge is 0.488 e. The van der Waals surface area contributed by atoms with Gasteiger partial charge in [0.1, 0.15) is 29.3 Å². The molecule has 0 amide bonds. The first-order valence-corrected chi connectivity index (χ1v) is 9.27. The number of hydrogen-bond donors (Lipinski definition) is 1. The fraction of sp³-hybridized carbons (Fsp3) is 0.273. The van der Waals surface area contributed by atoms with Crippen molar-refractivity contribution in [1.82, 2.24) is 9.97 Å². The number of rotatable bonds is 6. The van der Waals surface area contributed by atoms with Crippen molar-refractivity contribution in [3.8, 4) is 11.8 Å². The summed E-state index contributed by atoms with van der Waals surface area (Å²) in [6, 6.07) is 15.7. The van der Waals surface area contributed by atoms with Crippen LogP contribution < -0.4 is 14.8 Å². The number of alkyl halides is 3. The van der Waals surface area contributed by atoms with Crippen LogP contribution in [0.2, 0.25) is 0 Å². The SMILES string of the molecule is CC(C)(C)Oc1cccc(Nc2nc(OCc3ccccc3)ncc2C(F)(F)F)c1. The molecule has 0 spiro atoms. The molecule has 1 heterocycles. The molecule has 0 fully saturated rings. The summed E-state index contributed by atoms with van der Waals surface area (Å²) < 4.78 is 51.6. The van der Waals surface area contributed by atoms with Crippen molar-refractivity contribution in [1.29, 1.82) is 0 Å². The van der Waals surface area contributed by atoms with Gasteiger partial charge < -0.3 is 14.8 Å². The van der Waals surface area contributed by atoms with Crippen LogP contribution in [0.15, 0.2) is 60.8 Å². The summed E-state index contributed by atoms with van der Waals surface area (Å²) in [5, 5.41) is 2.71. The quantitative estimate of drug-likeness (QED) is 0.533. The van der Waals surface area contributed by atoms with E-state index in [1.54, 1.807) is 24.3 Å². The number of hydrogen-bond acceptors (Lipinski definition) is 5. The molecule has 5 nitrogen and oxygen atoms in total. The Labute approximate surface area is 172 Å². The lowest BCUT2D eigenvalue weighted by Crippen LogP contribution is -2.22. The highest BCUT2D eigenvalue weighted by Gasteiger charge is 2.35. The van der Waals surface area contributed by atoms with Crippen LogP contribution in [0, 0.1) is 0 Å². The Balaban J connectivity index is 1.85. The fourth-order valence-electron chi connectivity index (χ4n) is 2.59. The molecule has 0 aliphatic carbocycles. The van der Waals surface area contributed by atoms with Crippen LogP contribution in [0.5, 0.6) is 11.8 Å². The normalized spacial score (nSPS) is 11.8.